The SMILES string of the molecule is CC(O)CNc1cc(N2CCN(C)CC2)ccn1.Cc1c(C(=O)O)cccc1C(=O)O. The highest BCUT2D eigenvalue weighted by atomic mass is 16.4. The van der Waals surface area contributed by atoms with Crippen LogP contribution in [0.1, 0.15) is 33.2 Å². The average molecular weight is 431 g/mol. The van der Waals surface area contributed by atoms with Gasteiger partial charge < -0.3 is 30.4 Å². The Morgan fingerprint density at radius 3 is 2.19 bits per heavy atom. The number of piperazine rings is 1. The van der Waals surface area contributed by atoms with Crippen molar-refractivity contribution in [2.45, 2.75) is 20.0 Å². The van der Waals surface area contributed by atoms with Crippen LogP contribution in [-0.4, -0.2) is 83.0 Å². The lowest BCUT2D eigenvalue weighted by molar-refractivity contribution is 0.0696. The minimum absolute atomic E-state index is 0.0277. The molecule has 9 heteroatoms. The van der Waals surface area contributed by atoms with Crippen LogP contribution < -0.4 is 10.2 Å². The lowest BCUT2D eigenvalue weighted by Crippen LogP contribution is -2.44. The molecule has 1 aromatic carbocycles. The molecule has 0 radical (unpaired) electrons. The van der Waals surface area contributed by atoms with E-state index in [1.54, 1.807) is 6.92 Å². The van der Waals surface area contributed by atoms with E-state index in [0.29, 0.717) is 6.54 Å². The third kappa shape index (κ3) is 7.23. The number of nitrogens with zero attached hydrogens (tertiary/aromatic N) is 3. The number of nitrogens with one attached hydrogen (secondary N) is 1. The minimum Gasteiger partial charge on any atom is -0.478 e. The molecule has 1 fully saturated rings. The van der Waals surface area contributed by atoms with E-state index in [9.17, 15) is 14.7 Å². The number of pyridine rings is 1. The first kappa shape index (κ1) is 24.1. The number of rotatable bonds is 6. The molecule has 1 unspecified atom stereocenters. The number of carboxylic acid groups (broad SMARTS) is 2. The Labute approximate surface area is 181 Å². The molecule has 1 aliphatic rings. The van der Waals surface area contributed by atoms with Crippen LogP contribution in [0.3, 0.4) is 0 Å². The first-order valence-corrected chi connectivity index (χ1v) is 10.1. The number of aromatic nitrogens is 1. The van der Waals surface area contributed by atoms with Crippen molar-refractivity contribution in [3.8, 4) is 0 Å². The number of benzene rings is 1. The monoisotopic (exact) mass is 430 g/mol. The Balaban J connectivity index is 0.000000233. The number of aliphatic hydroxyl groups excluding tert-OH is 1. The molecule has 0 spiro atoms. The van der Waals surface area contributed by atoms with E-state index in [4.69, 9.17) is 10.2 Å². The Morgan fingerprint density at radius 2 is 1.68 bits per heavy atom. The Morgan fingerprint density at radius 1 is 1.10 bits per heavy atom. The maximum atomic E-state index is 10.6. The van der Waals surface area contributed by atoms with Crippen molar-refractivity contribution >= 4 is 23.4 Å². The Bertz CT molecular complexity index is 863. The Hall–Kier alpha value is -3.17. The number of carbonyl (C=O) groups is 2. The smallest absolute Gasteiger partial charge is 0.335 e. The number of carboxylic acids is 2. The van der Waals surface area contributed by atoms with Crippen molar-refractivity contribution in [3.05, 3.63) is 53.2 Å². The molecular formula is C22H30N4O5. The average Bonchev–Trinajstić information content (AvgIpc) is 2.73. The van der Waals surface area contributed by atoms with Crippen molar-refractivity contribution in [3.63, 3.8) is 0 Å². The zero-order chi connectivity index (χ0) is 23.0. The van der Waals surface area contributed by atoms with E-state index >= 15 is 0 Å². The van der Waals surface area contributed by atoms with E-state index in [-0.39, 0.29) is 22.8 Å². The van der Waals surface area contributed by atoms with Gasteiger partial charge in [-0.2, -0.15) is 0 Å². The van der Waals surface area contributed by atoms with Gasteiger partial charge in [-0.05, 0) is 44.7 Å². The summed E-state index contributed by atoms with van der Waals surface area (Å²) >= 11 is 0. The third-order valence-electron chi connectivity index (χ3n) is 4.99. The van der Waals surface area contributed by atoms with Crippen LogP contribution in [0.25, 0.3) is 0 Å². The number of aliphatic hydroxyl groups is 1. The second-order valence-electron chi connectivity index (χ2n) is 7.51. The van der Waals surface area contributed by atoms with Gasteiger partial charge in [0.05, 0.1) is 17.2 Å². The molecule has 0 bridgehead atoms. The lowest BCUT2D eigenvalue weighted by atomic mass is 10.0. The van der Waals surface area contributed by atoms with E-state index in [2.05, 4.69) is 27.1 Å². The van der Waals surface area contributed by atoms with Crippen molar-refractivity contribution in [1.29, 1.82) is 0 Å². The molecule has 1 aromatic heterocycles. The molecule has 2 heterocycles. The molecule has 1 atom stereocenters. The van der Waals surface area contributed by atoms with Crippen molar-refractivity contribution in [2.75, 3.05) is 50.0 Å². The van der Waals surface area contributed by atoms with Gasteiger partial charge in [0, 0.05) is 50.7 Å². The third-order valence-corrected chi connectivity index (χ3v) is 4.99. The highest BCUT2D eigenvalue weighted by Gasteiger charge is 2.15. The van der Waals surface area contributed by atoms with Gasteiger partial charge in [0.2, 0.25) is 0 Å². The largest absolute Gasteiger partial charge is 0.478 e. The predicted molar refractivity (Wildman–Crippen MR) is 119 cm³/mol. The topological polar surface area (TPSA) is 126 Å². The van der Waals surface area contributed by atoms with Crippen molar-refractivity contribution in [1.82, 2.24) is 9.88 Å². The zero-order valence-electron chi connectivity index (χ0n) is 18.1. The van der Waals surface area contributed by atoms with Crippen LogP contribution in [0.4, 0.5) is 11.5 Å². The molecule has 1 saturated heterocycles. The maximum absolute atomic E-state index is 10.6. The van der Waals surface area contributed by atoms with Gasteiger partial charge in [-0.3, -0.25) is 0 Å². The summed E-state index contributed by atoms with van der Waals surface area (Å²) in [6, 6.07) is 8.26. The molecular weight excluding hydrogens is 400 g/mol. The first-order chi connectivity index (χ1) is 14.7. The van der Waals surface area contributed by atoms with E-state index in [1.165, 1.54) is 30.8 Å². The second kappa shape index (κ2) is 11.3. The zero-order valence-corrected chi connectivity index (χ0v) is 18.1. The highest BCUT2D eigenvalue weighted by molar-refractivity contribution is 5.96. The quantitative estimate of drug-likeness (QED) is 0.544. The van der Waals surface area contributed by atoms with Gasteiger partial charge in [0.15, 0.2) is 0 Å². The molecule has 168 valence electrons. The molecule has 4 N–H and O–H groups in total. The summed E-state index contributed by atoms with van der Waals surface area (Å²) in [6.45, 7) is 8.06. The van der Waals surface area contributed by atoms with E-state index < -0.39 is 11.9 Å². The molecule has 3 rings (SSSR count). The molecule has 9 nitrogen and oxygen atoms in total. The van der Waals surface area contributed by atoms with Gasteiger partial charge in [-0.1, -0.05) is 6.07 Å². The first-order valence-electron chi connectivity index (χ1n) is 10.1. The van der Waals surface area contributed by atoms with Gasteiger partial charge in [-0.15, -0.1) is 0 Å². The Kier molecular flexibility index (Phi) is 8.77. The predicted octanol–water partition coefficient (Wildman–Crippen LogP) is 2.02. The molecule has 1 aliphatic heterocycles. The fraction of sp³-hybridized carbons (Fsp3) is 0.409. The normalized spacial score (nSPS) is 14.9. The van der Waals surface area contributed by atoms with Crippen LogP contribution in [0.5, 0.6) is 0 Å². The summed E-state index contributed by atoms with van der Waals surface area (Å²) in [5, 5.41) is 29.7. The van der Waals surface area contributed by atoms with Gasteiger partial charge in [0.1, 0.15) is 5.82 Å². The lowest BCUT2D eigenvalue weighted by Gasteiger charge is -2.34. The van der Waals surface area contributed by atoms with Crippen molar-refractivity contribution < 1.29 is 24.9 Å². The standard InChI is InChI=1S/C13H22N4O.C9H8O4/c1-11(18)10-15-13-9-12(3-4-14-13)17-7-5-16(2)6-8-17;1-5-6(8(10)11)3-2-4-7(5)9(12)13/h3-4,9,11,18H,5-8,10H2,1-2H3,(H,14,15);2-4H,1H3,(H,10,11)(H,12,13). The summed E-state index contributed by atoms with van der Waals surface area (Å²) in [5.41, 5.74) is 1.54. The summed E-state index contributed by atoms with van der Waals surface area (Å²) in [4.78, 5) is 30.2. The van der Waals surface area contributed by atoms with Crippen LogP contribution >= 0.6 is 0 Å². The summed E-state index contributed by atoms with van der Waals surface area (Å²) in [5.74, 6) is -1.39. The highest BCUT2D eigenvalue weighted by Crippen LogP contribution is 2.18. The summed E-state index contributed by atoms with van der Waals surface area (Å²) < 4.78 is 0. The summed E-state index contributed by atoms with van der Waals surface area (Å²) in [7, 11) is 2.15. The number of aromatic carboxylic acids is 2. The van der Waals surface area contributed by atoms with Crippen LogP contribution in [-0.2, 0) is 0 Å². The minimum atomic E-state index is -1.11. The maximum Gasteiger partial charge on any atom is 0.335 e. The van der Waals surface area contributed by atoms with Crippen LogP contribution in [0.2, 0.25) is 0 Å². The molecule has 0 saturated carbocycles. The number of likely N-dealkylation sites (N-methyl/N-ethyl adjacent to an activating group) is 1. The molecule has 31 heavy (non-hydrogen) atoms. The van der Waals surface area contributed by atoms with E-state index in [0.717, 1.165) is 32.0 Å². The fourth-order valence-corrected chi connectivity index (χ4v) is 3.13. The van der Waals surface area contributed by atoms with Gasteiger partial charge >= 0.3 is 11.9 Å². The summed E-state index contributed by atoms with van der Waals surface area (Å²) in [6.07, 6.45) is 1.46. The molecule has 0 amide bonds. The second-order valence-corrected chi connectivity index (χ2v) is 7.51. The van der Waals surface area contributed by atoms with Crippen molar-refractivity contribution in [2.24, 2.45) is 0 Å². The van der Waals surface area contributed by atoms with Crippen LogP contribution in [0, 0.1) is 6.92 Å². The number of anilines is 2. The molecule has 0 aliphatic carbocycles. The van der Waals surface area contributed by atoms with E-state index in [1.807, 2.05) is 18.3 Å². The number of hydrogen-bond donors (Lipinski definition) is 4. The fourth-order valence-electron chi connectivity index (χ4n) is 3.13. The van der Waals surface area contributed by atoms with Gasteiger partial charge in [-0.25, -0.2) is 14.6 Å². The van der Waals surface area contributed by atoms with Gasteiger partial charge in [0.25, 0.3) is 0 Å². The number of hydrogen-bond acceptors (Lipinski definition) is 7. The van der Waals surface area contributed by atoms with Crippen LogP contribution in [0.15, 0.2) is 36.5 Å². The molecule has 2 aromatic rings.